The van der Waals surface area contributed by atoms with E-state index >= 15 is 0 Å². The zero-order chi connectivity index (χ0) is 13.4. The maximum atomic E-state index is 5.78. The Morgan fingerprint density at radius 3 is 2.89 bits per heavy atom. The van der Waals surface area contributed by atoms with Crippen molar-refractivity contribution in [2.24, 2.45) is 0 Å². The zero-order valence-electron chi connectivity index (χ0n) is 10.1. The summed E-state index contributed by atoms with van der Waals surface area (Å²) in [5, 5.41) is 1.98. The molecule has 0 fully saturated rings. The van der Waals surface area contributed by atoms with Crippen LogP contribution in [0.25, 0.3) is 10.2 Å². The number of halogens is 1. The first-order valence-electron chi connectivity index (χ1n) is 5.59. The second-order valence-electron chi connectivity index (χ2n) is 4.02. The summed E-state index contributed by atoms with van der Waals surface area (Å²) in [5.41, 5.74) is 5.78. The second kappa shape index (κ2) is 5.11. The Hall–Kier alpha value is -1.11. The Balaban J connectivity index is 2.09. The number of aromatic nitrogens is 2. The number of nitrogen functional groups attached to an aromatic ring is 1. The van der Waals surface area contributed by atoms with Crippen LogP contribution in [0.3, 0.4) is 0 Å². The van der Waals surface area contributed by atoms with Crippen LogP contribution in [-0.2, 0) is 0 Å². The van der Waals surface area contributed by atoms with Crippen molar-refractivity contribution in [3.05, 3.63) is 39.7 Å². The van der Waals surface area contributed by atoms with E-state index in [-0.39, 0.29) is 0 Å². The normalized spacial score (nSPS) is 11.1. The Kier molecular flexibility index (Phi) is 3.47. The maximum absolute atomic E-state index is 5.78. The molecule has 0 aliphatic rings. The molecule has 0 saturated carbocycles. The summed E-state index contributed by atoms with van der Waals surface area (Å²) in [5.74, 6) is 0.326. The summed E-state index contributed by atoms with van der Waals surface area (Å²) in [6.45, 7) is 2.07. The number of rotatable bonds is 2. The SMILES string of the molecule is Cc1cc2c(Sc3cccc(Br)c3)nc(N)nc2s1. The standard InChI is InChI=1S/C13H10BrN3S2/c1-7-5-10-11(18-7)16-13(15)17-12(10)19-9-4-2-3-8(14)6-9/h2-6H,1H3,(H2,15,16,17). The number of nitrogens with zero attached hydrogens (tertiary/aromatic N) is 2. The van der Waals surface area contributed by atoms with E-state index in [0.717, 1.165) is 24.6 Å². The largest absolute Gasteiger partial charge is 0.368 e. The van der Waals surface area contributed by atoms with Crippen LogP contribution in [0.5, 0.6) is 0 Å². The molecule has 0 spiro atoms. The van der Waals surface area contributed by atoms with Crippen molar-refractivity contribution in [1.82, 2.24) is 9.97 Å². The van der Waals surface area contributed by atoms with Crippen molar-refractivity contribution in [1.29, 1.82) is 0 Å². The summed E-state index contributed by atoms with van der Waals surface area (Å²) >= 11 is 6.72. The van der Waals surface area contributed by atoms with E-state index in [0.29, 0.717) is 5.95 Å². The lowest BCUT2D eigenvalue weighted by Gasteiger charge is -2.03. The molecule has 6 heteroatoms. The first-order chi connectivity index (χ1) is 9.11. The molecule has 1 aromatic carbocycles. The average molecular weight is 352 g/mol. The minimum Gasteiger partial charge on any atom is -0.368 e. The van der Waals surface area contributed by atoms with Crippen LogP contribution in [0.15, 0.2) is 44.7 Å². The van der Waals surface area contributed by atoms with Gasteiger partial charge in [0.15, 0.2) is 0 Å². The van der Waals surface area contributed by atoms with Gasteiger partial charge in [-0.05, 0) is 31.2 Å². The Morgan fingerprint density at radius 1 is 1.26 bits per heavy atom. The highest BCUT2D eigenvalue weighted by molar-refractivity contribution is 9.10. The van der Waals surface area contributed by atoms with Crippen molar-refractivity contribution in [3.8, 4) is 0 Å². The van der Waals surface area contributed by atoms with Crippen LogP contribution in [-0.4, -0.2) is 9.97 Å². The quantitative estimate of drug-likeness (QED) is 0.690. The van der Waals surface area contributed by atoms with E-state index in [4.69, 9.17) is 5.73 Å². The van der Waals surface area contributed by atoms with E-state index in [1.807, 2.05) is 12.1 Å². The molecular weight excluding hydrogens is 342 g/mol. The van der Waals surface area contributed by atoms with Gasteiger partial charge in [0, 0.05) is 19.6 Å². The highest BCUT2D eigenvalue weighted by Crippen LogP contribution is 2.36. The molecule has 2 aromatic heterocycles. The van der Waals surface area contributed by atoms with Crippen LogP contribution in [0.2, 0.25) is 0 Å². The van der Waals surface area contributed by atoms with Gasteiger partial charge in [-0.25, -0.2) is 9.97 Å². The van der Waals surface area contributed by atoms with Crippen LogP contribution < -0.4 is 5.73 Å². The van der Waals surface area contributed by atoms with Gasteiger partial charge in [-0.2, -0.15) is 0 Å². The first kappa shape index (κ1) is 12.9. The Bertz CT molecular complexity index is 755. The van der Waals surface area contributed by atoms with E-state index < -0.39 is 0 Å². The molecule has 0 radical (unpaired) electrons. The molecular formula is C13H10BrN3S2. The summed E-state index contributed by atoms with van der Waals surface area (Å²) in [4.78, 5) is 11.9. The maximum Gasteiger partial charge on any atom is 0.222 e. The molecule has 2 heterocycles. The Morgan fingerprint density at radius 2 is 2.11 bits per heavy atom. The van der Waals surface area contributed by atoms with Crippen molar-refractivity contribution in [2.45, 2.75) is 16.8 Å². The predicted octanol–water partition coefficient (Wildman–Crippen LogP) is 4.50. The number of benzene rings is 1. The minimum atomic E-state index is 0.326. The second-order valence-corrected chi connectivity index (χ2v) is 7.23. The molecule has 3 nitrogen and oxygen atoms in total. The fraction of sp³-hybridized carbons (Fsp3) is 0.0769. The third kappa shape index (κ3) is 2.75. The molecule has 0 amide bonds. The van der Waals surface area contributed by atoms with Gasteiger partial charge >= 0.3 is 0 Å². The third-order valence-corrected chi connectivity index (χ3v) is 4.94. The number of hydrogen-bond acceptors (Lipinski definition) is 5. The number of anilines is 1. The molecule has 96 valence electrons. The summed E-state index contributed by atoms with van der Waals surface area (Å²) in [7, 11) is 0. The lowest BCUT2D eigenvalue weighted by Crippen LogP contribution is -1.95. The average Bonchev–Trinajstić information content (AvgIpc) is 2.69. The van der Waals surface area contributed by atoms with Gasteiger partial charge in [-0.15, -0.1) is 11.3 Å². The number of thiophene rings is 1. The molecule has 0 aliphatic carbocycles. The molecule has 0 aliphatic heterocycles. The van der Waals surface area contributed by atoms with E-state index in [1.54, 1.807) is 23.1 Å². The molecule has 2 N–H and O–H groups in total. The third-order valence-electron chi connectivity index (χ3n) is 2.51. The fourth-order valence-electron chi connectivity index (χ4n) is 1.75. The molecule has 0 saturated heterocycles. The van der Waals surface area contributed by atoms with Crippen LogP contribution in [0.4, 0.5) is 5.95 Å². The molecule has 0 atom stereocenters. The van der Waals surface area contributed by atoms with Gasteiger partial charge in [-0.3, -0.25) is 0 Å². The van der Waals surface area contributed by atoms with Gasteiger partial charge in [0.2, 0.25) is 5.95 Å². The Labute approximate surface area is 127 Å². The van der Waals surface area contributed by atoms with Gasteiger partial charge in [0.05, 0.1) is 0 Å². The number of fused-ring (bicyclic) bond motifs is 1. The predicted molar refractivity (Wildman–Crippen MR) is 84.8 cm³/mol. The van der Waals surface area contributed by atoms with Crippen molar-refractivity contribution >= 4 is 55.2 Å². The van der Waals surface area contributed by atoms with E-state index in [1.165, 1.54) is 4.88 Å². The lowest BCUT2D eigenvalue weighted by molar-refractivity contribution is 1.12. The highest BCUT2D eigenvalue weighted by Gasteiger charge is 2.10. The van der Waals surface area contributed by atoms with Crippen LogP contribution >= 0.6 is 39.0 Å². The monoisotopic (exact) mass is 351 g/mol. The summed E-state index contributed by atoms with van der Waals surface area (Å²) in [6.07, 6.45) is 0. The summed E-state index contributed by atoms with van der Waals surface area (Å²) in [6, 6.07) is 10.2. The molecule has 3 rings (SSSR count). The molecule has 0 bridgehead atoms. The van der Waals surface area contributed by atoms with Gasteiger partial charge in [0.25, 0.3) is 0 Å². The first-order valence-corrected chi connectivity index (χ1v) is 8.01. The summed E-state index contributed by atoms with van der Waals surface area (Å²) < 4.78 is 1.05. The highest BCUT2D eigenvalue weighted by atomic mass is 79.9. The topological polar surface area (TPSA) is 51.8 Å². The van der Waals surface area contributed by atoms with Crippen molar-refractivity contribution in [3.63, 3.8) is 0 Å². The van der Waals surface area contributed by atoms with Crippen molar-refractivity contribution < 1.29 is 0 Å². The molecule has 19 heavy (non-hydrogen) atoms. The zero-order valence-corrected chi connectivity index (χ0v) is 13.3. The minimum absolute atomic E-state index is 0.326. The van der Waals surface area contributed by atoms with E-state index in [2.05, 4.69) is 51.0 Å². The fourth-order valence-corrected chi connectivity index (χ4v) is 4.21. The van der Waals surface area contributed by atoms with Crippen LogP contribution in [0.1, 0.15) is 4.88 Å². The molecule has 3 aromatic rings. The van der Waals surface area contributed by atoms with E-state index in [9.17, 15) is 0 Å². The number of hydrogen-bond donors (Lipinski definition) is 1. The van der Waals surface area contributed by atoms with Gasteiger partial charge < -0.3 is 5.73 Å². The lowest BCUT2D eigenvalue weighted by atomic mass is 10.4. The van der Waals surface area contributed by atoms with Gasteiger partial charge in [0.1, 0.15) is 9.86 Å². The van der Waals surface area contributed by atoms with Crippen LogP contribution in [0, 0.1) is 6.92 Å². The smallest absolute Gasteiger partial charge is 0.222 e. The molecule has 0 unspecified atom stereocenters. The van der Waals surface area contributed by atoms with Crippen molar-refractivity contribution in [2.75, 3.05) is 5.73 Å². The number of nitrogens with two attached hydrogens (primary N) is 1. The number of aryl methyl sites for hydroxylation is 1. The van der Waals surface area contributed by atoms with Gasteiger partial charge in [-0.1, -0.05) is 33.8 Å².